The van der Waals surface area contributed by atoms with Gasteiger partial charge in [-0.05, 0) is 30.9 Å². The smallest absolute Gasteiger partial charge is 0.106 e. The summed E-state index contributed by atoms with van der Waals surface area (Å²) >= 11 is 5.08. The van der Waals surface area contributed by atoms with Crippen molar-refractivity contribution in [3.8, 4) is 0 Å². The average molecular weight is 248 g/mol. The monoisotopic (exact) mass is 248 g/mol. The van der Waals surface area contributed by atoms with Crippen LogP contribution in [0.25, 0.3) is 0 Å². The Balaban J connectivity index is 2.14. The van der Waals surface area contributed by atoms with E-state index in [-0.39, 0.29) is 0 Å². The molecule has 1 aliphatic rings. The second-order valence-corrected chi connectivity index (χ2v) is 5.36. The van der Waals surface area contributed by atoms with Gasteiger partial charge >= 0.3 is 0 Å². The molecule has 2 nitrogen and oxygen atoms in total. The van der Waals surface area contributed by atoms with Crippen molar-refractivity contribution in [1.29, 1.82) is 0 Å². The van der Waals surface area contributed by atoms with Crippen molar-refractivity contribution < 1.29 is 0 Å². The minimum absolute atomic E-state index is 0.469. The maximum Gasteiger partial charge on any atom is 0.106 e. The summed E-state index contributed by atoms with van der Waals surface area (Å²) < 4.78 is 0. The lowest BCUT2D eigenvalue weighted by molar-refractivity contribution is 0.349. The highest BCUT2D eigenvalue weighted by atomic mass is 32.1. The van der Waals surface area contributed by atoms with Crippen LogP contribution < -0.4 is 11.1 Å². The number of nitrogens with one attached hydrogen (secondary N) is 1. The van der Waals surface area contributed by atoms with Gasteiger partial charge in [0.25, 0.3) is 0 Å². The fourth-order valence-electron chi connectivity index (χ4n) is 2.55. The summed E-state index contributed by atoms with van der Waals surface area (Å²) in [5, 5.41) is 3.61. The van der Waals surface area contributed by atoms with Crippen LogP contribution in [0.1, 0.15) is 38.2 Å². The average Bonchev–Trinajstić information content (AvgIpc) is 2.32. The summed E-state index contributed by atoms with van der Waals surface area (Å²) in [6, 6.07) is 8.61. The molecular weight excluding hydrogens is 228 g/mol. The third-order valence-electron chi connectivity index (χ3n) is 3.64. The summed E-state index contributed by atoms with van der Waals surface area (Å²) in [7, 11) is 0. The molecule has 2 atom stereocenters. The lowest BCUT2D eigenvalue weighted by Crippen LogP contribution is -2.31. The van der Waals surface area contributed by atoms with Gasteiger partial charge in [0.15, 0.2) is 0 Å². The zero-order valence-corrected chi connectivity index (χ0v) is 11.1. The Bertz CT molecular complexity index is 403. The molecule has 1 aromatic rings. The number of hydrogen-bond donors (Lipinski definition) is 2. The third-order valence-corrected chi connectivity index (χ3v) is 3.86. The van der Waals surface area contributed by atoms with Gasteiger partial charge in [-0.15, -0.1) is 0 Å². The van der Waals surface area contributed by atoms with E-state index in [1.54, 1.807) is 0 Å². The molecule has 0 heterocycles. The normalized spacial score (nSPS) is 24.3. The van der Waals surface area contributed by atoms with Gasteiger partial charge in [0.1, 0.15) is 4.99 Å². The van der Waals surface area contributed by atoms with Crippen molar-refractivity contribution in [2.75, 3.05) is 5.32 Å². The minimum Gasteiger partial charge on any atom is -0.389 e. The van der Waals surface area contributed by atoms with E-state index in [0.717, 1.165) is 17.2 Å². The molecule has 0 saturated heterocycles. The molecule has 0 radical (unpaired) electrons. The molecule has 92 valence electrons. The molecule has 0 amide bonds. The standard InChI is InChI=1S/C14H20N2S/c1-10-6-2-4-8-12(10)16-13-9-5-3-7-11(13)14(15)17/h3,5,7,9-10,12,16H,2,4,6,8H2,1H3,(H2,15,17). The lowest BCUT2D eigenvalue weighted by atomic mass is 9.85. The van der Waals surface area contributed by atoms with Gasteiger partial charge in [-0.2, -0.15) is 0 Å². The first-order chi connectivity index (χ1) is 8.18. The molecule has 0 aromatic heterocycles. The van der Waals surface area contributed by atoms with E-state index in [1.807, 2.05) is 18.2 Å². The van der Waals surface area contributed by atoms with Crippen LogP contribution in [0.5, 0.6) is 0 Å². The third kappa shape index (κ3) is 2.97. The van der Waals surface area contributed by atoms with Crippen molar-refractivity contribution in [3.63, 3.8) is 0 Å². The van der Waals surface area contributed by atoms with Gasteiger partial charge in [0.2, 0.25) is 0 Å². The van der Waals surface area contributed by atoms with E-state index in [2.05, 4.69) is 18.3 Å². The fourth-order valence-corrected chi connectivity index (χ4v) is 2.73. The van der Waals surface area contributed by atoms with Gasteiger partial charge in [0.05, 0.1) is 0 Å². The predicted molar refractivity (Wildman–Crippen MR) is 77.4 cm³/mol. The van der Waals surface area contributed by atoms with Gasteiger partial charge in [-0.1, -0.05) is 44.1 Å². The van der Waals surface area contributed by atoms with Crippen LogP contribution >= 0.6 is 12.2 Å². The molecule has 0 aliphatic heterocycles. The van der Waals surface area contributed by atoms with E-state index in [0.29, 0.717) is 11.0 Å². The largest absolute Gasteiger partial charge is 0.389 e. The van der Waals surface area contributed by atoms with Gasteiger partial charge in [0, 0.05) is 17.3 Å². The van der Waals surface area contributed by atoms with Crippen molar-refractivity contribution in [2.24, 2.45) is 11.7 Å². The van der Waals surface area contributed by atoms with Crippen molar-refractivity contribution in [3.05, 3.63) is 29.8 Å². The van der Waals surface area contributed by atoms with E-state index >= 15 is 0 Å². The molecular formula is C14H20N2S. The number of thiocarbonyl (C=S) groups is 1. The Labute approximate surface area is 109 Å². The Morgan fingerprint density at radius 1 is 1.29 bits per heavy atom. The number of hydrogen-bond acceptors (Lipinski definition) is 2. The number of nitrogens with two attached hydrogens (primary N) is 1. The predicted octanol–water partition coefficient (Wildman–Crippen LogP) is 3.31. The molecule has 2 rings (SSSR count). The Kier molecular flexibility index (Phi) is 4.00. The van der Waals surface area contributed by atoms with Crippen LogP contribution in [0.3, 0.4) is 0 Å². The number of benzene rings is 1. The van der Waals surface area contributed by atoms with Crippen molar-refractivity contribution >= 4 is 22.9 Å². The van der Waals surface area contributed by atoms with E-state index in [4.69, 9.17) is 18.0 Å². The minimum atomic E-state index is 0.469. The SMILES string of the molecule is CC1CCCCC1Nc1ccccc1C(N)=S. The first-order valence-corrected chi connectivity index (χ1v) is 6.74. The van der Waals surface area contributed by atoms with Gasteiger partial charge in [-0.25, -0.2) is 0 Å². The quantitative estimate of drug-likeness (QED) is 0.806. The highest BCUT2D eigenvalue weighted by Gasteiger charge is 2.21. The Hall–Kier alpha value is -1.09. The van der Waals surface area contributed by atoms with Crippen molar-refractivity contribution in [2.45, 2.75) is 38.6 Å². The van der Waals surface area contributed by atoms with Crippen LogP contribution in [0.4, 0.5) is 5.69 Å². The van der Waals surface area contributed by atoms with Crippen LogP contribution in [0, 0.1) is 5.92 Å². The first kappa shape index (κ1) is 12.4. The topological polar surface area (TPSA) is 38.0 Å². The van der Waals surface area contributed by atoms with Crippen LogP contribution in [0.15, 0.2) is 24.3 Å². The molecule has 0 bridgehead atoms. The second-order valence-electron chi connectivity index (χ2n) is 4.92. The van der Waals surface area contributed by atoms with Crippen LogP contribution in [-0.4, -0.2) is 11.0 Å². The number of anilines is 1. The Morgan fingerprint density at radius 2 is 2.00 bits per heavy atom. The number of rotatable bonds is 3. The zero-order chi connectivity index (χ0) is 12.3. The van der Waals surface area contributed by atoms with Crippen LogP contribution in [0.2, 0.25) is 0 Å². The molecule has 1 saturated carbocycles. The molecule has 1 aromatic carbocycles. The Morgan fingerprint density at radius 3 is 2.71 bits per heavy atom. The number of para-hydroxylation sites is 1. The van der Waals surface area contributed by atoms with Gasteiger partial charge in [-0.3, -0.25) is 0 Å². The summed E-state index contributed by atoms with van der Waals surface area (Å²) in [4.78, 5) is 0.469. The highest BCUT2D eigenvalue weighted by Crippen LogP contribution is 2.27. The second kappa shape index (κ2) is 5.50. The first-order valence-electron chi connectivity index (χ1n) is 6.34. The summed E-state index contributed by atoms with van der Waals surface area (Å²) in [6.45, 7) is 2.32. The van der Waals surface area contributed by atoms with E-state index < -0.39 is 0 Å². The summed E-state index contributed by atoms with van der Waals surface area (Å²) in [5.41, 5.74) is 7.79. The maximum atomic E-state index is 5.75. The lowest BCUT2D eigenvalue weighted by Gasteiger charge is -2.31. The molecule has 3 N–H and O–H groups in total. The summed E-state index contributed by atoms with van der Waals surface area (Å²) in [5.74, 6) is 0.725. The molecule has 1 aliphatic carbocycles. The summed E-state index contributed by atoms with van der Waals surface area (Å²) in [6.07, 6.45) is 5.23. The van der Waals surface area contributed by atoms with Crippen molar-refractivity contribution in [1.82, 2.24) is 0 Å². The maximum absolute atomic E-state index is 5.75. The van der Waals surface area contributed by atoms with E-state index in [9.17, 15) is 0 Å². The fraction of sp³-hybridized carbons (Fsp3) is 0.500. The molecule has 3 heteroatoms. The highest BCUT2D eigenvalue weighted by molar-refractivity contribution is 7.80. The zero-order valence-electron chi connectivity index (χ0n) is 10.3. The van der Waals surface area contributed by atoms with Crippen LogP contribution in [-0.2, 0) is 0 Å². The van der Waals surface area contributed by atoms with Gasteiger partial charge < -0.3 is 11.1 Å². The molecule has 2 unspecified atom stereocenters. The molecule has 17 heavy (non-hydrogen) atoms. The van der Waals surface area contributed by atoms with E-state index in [1.165, 1.54) is 25.7 Å². The molecule has 0 spiro atoms. The molecule has 1 fully saturated rings.